The fraction of sp³-hybridized carbons (Fsp3) is 0.829. The van der Waals surface area contributed by atoms with Gasteiger partial charge in [0.05, 0.1) is 37.9 Å². The van der Waals surface area contributed by atoms with E-state index in [2.05, 4.69) is 43.5 Å². The second-order valence-corrected chi connectivity index (χ2v) is 15.5. The number of aliphatic hydroxyl groups is 2. The number of phosphoric ester groups is 1. The molecule has 0 aromatic rings. The minimum atomic E-state index is -4.40. The van der Waals surface area contributed by atoms with Crippen molar-refractivity contribution in [3.05, 3.63) is 36.5 Å². The molecular formula is C41H79N2O7P. The van der Waals surface area contributed by atoms with Gasteiger partial charge in [0, 0.05) is 6.54 Å². The summed E-state index contributed by atoms with van der Waals surface area (Å²) in [5, 5.41) is 23.9. The van der Waals surface area contributed by atoms with E-state index in [1.54, 1.807) is 6.08 Å². The quantitative estimate of drug-likeness (QED) is 0.0238. The number of nitrogens with two attached hydrogens (primary N) is 1. The van der Waals surface area contributed by atoms with E-state index in [1.807, 2.05) is 6.08 Å². The zero-order valence-corrected chi connectivity index (χ0v) is 33.6. The van der Waals surface area contributed by atoms with Gasteiger partial charge in [0.2, 0.25) is 5.91 Å². The molecule has 0 aromatic heterocycles. The third-order valence-electron chi connectivity index (χ3n) is 9.00. The van der Waals surface area contributed by atoms with Gasteiger partial charge in [-0.1, -0.05) is 172 Å². The zero-order chi connectivity index (χ0) is 37.7. The molecule has 0 aliphatic carbocycles. The Hall–Kier alpha value is -1.32. The van der Waals surface area contributed by atoms with E-state index in [0.717, 1.165) is 44.9 Å². The van der Waals surface area contributed by atoms with Crippen LogP contribution in [-0.4, -0.2) is 59.0 Å². The summed E-state index contributed by atoms with van der Waals surface area (Å²) < 4.78 is 22.0. The van der Waals surface area contributed by atoms with Crippen LogP contribution < -0.4 is 11.1 Å². The van der Waals surface area contributed by atoms with Crippen molar-refractivity contribution >= 4 is 13.7 Å². The highest BCUT2D eigenvalue weighted by molar-refractivity contribution is 7.47. The first-order valence-electron chi connectivity index (χ1n) is 20.7. The van der Waals surface area contributed by atoms with Crippen molar-refractivity contribution in [3.8, 4) is 0 Å². The van der Waals surface area contributed by atoms with Gasteiger partial charge in [-0.05, 0) is 38.5 Å². The molecule has 1 amide bonds. The summed E-state index contributed by atoms with van der Waals surface area (Å²) in [5.74, 6) is -0.460. The first-order valence-corrected chi connectivity index (χ1v) is 22.2. The molecule has 51 heavy (non-hydrogen) atoms. The van der Waals surface area contributed by atoms with E-state index in [0.29, 0.717) is 12.8 Å². The summed E-state index contributed by atoms with van der Waals surface area (Å²) >= 11 is 0. The van der Waals surface area contributed by atoms with Crippen LogP contribution in [0.2, 0.25) is 0 Å². The van der Waals surface area contributed by atoms with Gasteiger partial charge in [0.25, 0.3) is 0 Å². The van der Waals surface area contributed by atoms with Crippen molar-refractivity contribution in [1.29, 1.82) is 0 Å². The minimum Gasteiger partial charge on any atom is -0.393 e. The summed E-state index contributed by atoms with van der Waals surface area (Å²) in [6, 6.07) is -1.00. The van der Waals surface area contributed by atoms with Gasteiger partial charge in [0.1, 0.15) is 0 Å². The number of nitrogens with one attached hydrogen (secondary N) is 1. The van der Waals surface area contributed by atoms with Gasteiger partial charge < -0.3 is 26.2 Å². The number of carbonyl (C=O) groups excluding carboxylic acids is 1. The monoisotopic (exact) mass is 743 g/mol. The van der Waals surface area contributed by atoms with E-state index in [-0.39, 0.29) is 19.6 Å². The van der Waals surface area contributed by atoms with Crippen molar-refractivity contribution in [2.45, 2.75) is 199 Å². The zero-order valence-electron chi connectivity index (χ0n) is 32.7. The SMILES string of the molecule is CCCC/C=C/CC/C=C/CC/C=C/C(O)C(COP(=O)(O)OCCN)NC(=O)CC(O)CCCCCCCCCCCCCCCCCCC. The average molecular weight is 743 g/mol. The maximum absolute atomic E-state index is 12.8. The normalized spacial score (nSPS) is 15.2. The molecule has 0 rings (SSSR count). The van der Waals surface area contributed by atoms with E-state index in [9.17, 15) is 24.5 Å². The Labute approximate surface area is 312 Å². The predicted octanol–water partition coefficient (Wildman–Crippen LogP) is 10.1. The first kappa shape index (κ1) is 49.7. The number of unbranched alkanes of at least 4 members (excludes halogenated alkanes) is 20. The molecule has 0 spiro atoms. The van der Waals surface area contributed by atoms with Crippen LogP contribution in [0, 0.1) is 0 Å². The van der Waals surface area contributed by atoms with Crippen LogP contribution in [0.5, 0.6) is 0 Å². The Bertz CT molecular complexity index is 914. The Morgan fingerprint density at radius 3 is 1.61 bits per heavy atom. The van der Waals surface area contributed by atoms with Crippen LogP contribution in [0.4, 0.5) is 0 Å². The summed E-state index contributed by atoms with van der Waals surface area (Å²) in [6.07, 6.45) is 39.5. The topological polar surface area (TPSA) is 151 Å². The number of phosphoric acid groups is 1. The van der Waals surface area contributed by atoms with Crippen molar-refractivity contribution < 1.29 is 33.5 Å². The lowest BCUT2D eigenvalue weighted by molar-refractivity contribution is -0.124. The molecule has 9 nitrogen and oxygen atoms in total. The van der Waals surface area contributed by atoms with E-state index >= 15 is 0 Å². The molecule has 0 aliphatic rings. The largest absolute Gasteiger partial charge is 0.472 e. The van der Waals surface area contributed by atoms with Crippen molar-refractivity contribution in [2.75, 3.05) is 19.8 Å². The van der Waals surface area contributed by atoms with Crippen molar-refractivity contribution in [3.63, 3.8) is 0 Å². The highest BCUT2D eigenvalue weighted by Gasteiger charge is 2.27. The Kier molecular flexibility index (Phi) is 36.1. The third-order valence-corrected chi connectivity index (χ3v) is 9.99. The van der Waals surface area contributed by atoms with Gasteiger partial charge in [-0.15, -0.1) is 0 Å². The molecule has 0 fully saturated rings. The molecule has 0 bridgehead atoms. The maximum atomic E-state index is 12.8. The molecule has 6 N–H and O–H groups in total. The molecule has 10 heteroatoms. The van der Waals surface area contributed by atoms with Crippen LogP contribution in [0.15, 0.2) is 36.5 Å². The van der Waals surface area contributed by atoms with E-state index < -0.39 is 38.6 Å². The Morgan fingerprint density at radius 1 is 0.667 bits per heavy atom. The van der Waals surface area contributed by atoms with Gasteiger partial charge in [-0.25, -0.2) is 4.57 Å². The minimum absolute atomic E-state index is 0.0425. The van der Waals surface area contributed by atoms with Crippen LogP contribution in [-0.2, 0) is 18.4 Å². The molecule has 0 saturated heterocycles. The maximum Gasteiger partial charge on any atom is 0.472 e. The highest BCUT2D eigenvalue weighted by Crippen LogP contribution is 2.43. The average Bonchev–Trinajstić information content (AvgIpc) is 3.10. The molecule has 4 atom stereocenters. The molecule has 0 radical (unpaired) electrons. The number of hydrogen-bond acceptors (Lipinski definition) is 7. The highest BCUT2D eigenvalue weighted by atomic mass is 31.2. The molecule has 0 saturated carbocycles. The van der Waals surface area contributed by atoms with Gasteiger partial charge in [-0.3, -0.25) is 13.8 Å². The van der Waals surface area contributed by atoms with Gasteiger partial charge in [0.15, 0.2) is 0 Å². The number of allylic oxidation sites excluding steroid dienone is 5. The lowest BCUT2D eigenvalue weighted by atomic mass is 10.0. The molecule has 0 aromatic carbocycles. The van der Waals surface area contributed by atoms with Crippen LogP contribution in [0.1, 0.15) is 181 Å². The fourth-order valence-corrected chi connectivity index (χ4v) is 6.60. The second kappa shape index (κ2) is 37.0. The van der Waals surface area contributed by atoms with E-state index in [4.69, 9.17) is 14.8 Å². The summed E-state index contributed by atoms with van der Waals surface area (Å²) in [7, 11) is -4.40. The number of aliphatic hydroxyl groups excluding tert-OH is 2. The first-order chi connectivity index (χ1) is 24.8. The van der Waals surface area contributed by atoms with Crippen LogP contribution in [0.3, 0.4) is 0 Å². The lowest BCUT2D eigenvalue weighted by Gasteiger charge is -2.24. The number of carbonyl (C=O) groups is 1. The molecule has 4 unspecified atom stereocenters. The lowest BCUT2D eigenvalue weighted by Crippen LogP contribution is -2.46. The number of rotatable bonds is 38. The smallest absolute Gasteiger partial charge is 0.393 e. The fourth-order valence-electron chi connectivity index (χ4n) is 5.84. The van der Waals surface area contributed by atoms with Gasteiger partial charge >= 0.3 is 7.82 Å². The number of amides is 1. The van der Waals surface area contributed by atoms with Crippen molar-refractivity contribution in [1.82, 2.24) is 5.32 Å². The third kappa shape index (κ3) is 35.5. The van der Waals surface area contributed by atoms with E-state index in [1.165, 1.54) is 103 Å². The predicted molar refractivity (Wildman–Crippen MR) is 214 cm³/mol. The summed E-state index contributed by atoms with van der Waals surface area (Å²) in [5.41, 5.74) is 5.35. The second-order valence-electron chi connectivity index (χ2n) is 14.0. The Morgan fingerprint density at radius 2 is 1.12 bits per heavy atom. The van der Waals surface area contributed by atoms with Crippen molar-refractivity contribution in [2.24, 2.45) is 5.73 Å². The molecular weight excluding hydrogens is 663 g/mol. The Balaban J connectivity index is 4.35. The summed E-state index contributed by atoms with van der Waals surface area (Å²) in [6.45, 7) is 3.89. The molecule has 0 aliphatic heterocycles. The number of hydrogen-bond donors (Lipinski definition) is 5. The summed E-state index contributed by atoms with van der Waals surface area (Å²) in [4.78, 5) is 22.7. The van der Waals surface area contributed by atoms with Crippen LogP contribution in [0.25, 0.3) is 0 Å². The molecule has 0 heterocycles. The standard InChI is InChI=1S/C41H79N2O7P/c1-3-5-7-9-11-13-15-17-18-19-20-21-22-24-26-28-30-32-38(44)36-41(46)43-39(37-50-51(47,48)49-35-34-42)40(45)33-31-29-27-25-23-16-14-12-10-8-6-4-2/h10,12,23,25,31,33,38-40,44-45H,3-9,11,13-22,24,26-30,32,34-37,42H2,1-2H3,(H,43,46)(H,47,48)/b12-10+,25-23+,33-31+. The molecule has 300 valence electrons. The van der Waals surface area contributed by atoms with Gasteiger partial charge in [-0.2, -0.15) is 0 Å². The van der Waals surface area contributed by atoms with Crippen LogP contribution >= 0.6 is 7.82 Å².